The topological polar surface area (TPSA) is 29.5 Å². The van der Waals surface area contributed by atoms with Crippen molar-refractivity contribution in [2.45, 2.75) is 72.4 Å². The molecule has 1 aliphatic heterocycles. The van der Waals surface area contributed by atoms with Gasteiger partial charge in [-0.1, -0.05) is 13.8 Å². The Morgan fingerprint density at radius 3 is 2.41 bits per heavy atom. The lowest BCUT2D eigenvalue weighted by Crippen LogP contribution is -2.42. The molecule has 0 saturated carbocycles. The number of amides is 1. The lowest BCUT2D eigenvalue weighted by atomic mass is 9.85. The van der Waals surface area contributed by atoms with E-state index in [1.165, 1.54) is 6.42 Å². The van der Waals surface area contributed by atoms with E-state index >= 15 is 0 Å². The van der Waals surface area contributed by atoms with E-state index in [-0.39, 0.29) is 12.1 Å². The van der Waals surface area contributed by atoms with Gasteiger partial charge in [-0.05, 0) is 52.4 Å². The Balaban J connectivity index is 2.66. The fourth-order valence-corrected chi connectivity index (χ4v) is 2.12. The summed E-state index contributed by atoms with van der Waals surface area (Å²) in [5.74, 6) is 0. The van der Waals surface area contributed by atoms with Crippen LogP contribution in [0, 0.1) is 5.41 Å². The minimum atomic E-state index is -0.404. The maximum Gasteiger partial charge on any atom is 0.410 e. The average Bonchev–Trinajstić information content (AvgIpc) is 2.23. The van der Waals surface area contributed by atoms with Gasteiger partial charge in [-0.15, -0.1) is 0 Å². The molecule has 17 heavy (non-hydrogen) atoms. The SMILES string of the molecule is CC1CCC(C)(C)CCN1C(=O)OC(C)(C)C. The molecule has 1 heterocycles. The van der Waals surface area contributed by atoms with Gasteiger partial charge in [-0.2, -0.15) is 0 Å². The first kappa shape index (κ1) is 14.3. The van der Waals surface area contributed by atoms with E-state index in [4.69, 9.17) is 4.74 Å². The molecule has 100 valence electrons. The number of likely N-dealkylation sites (tertiary alicyclic amines) is 1. The van der Waals surface area contributed by atoms with Crippen molar-refractivity contribution in [1.82, 2.24) is 4.90 Å². The molecule has 1 unspecified atom stereocenters. The number of carbonyl (C=O) groups is 1. The Hall–Kier alpha value is -0.730. The Morgan fingerprint density at radius 1 is 1.29 bits per heavy atom. The molecule has 1 fully saturated rings. The lowest BCUT2D eigenvalue weighted by molar-refractivity contribution is 0.0180. The van der Waals surface area contributed by atoms with Crippen molar-refractivity contribution in [3.63, 3.8) is 0 Å². The third-order valence-electron chi connectivity index (χ3n) is 3.43. The molecule has 0 radical (unpaired) electrons. The molecule has 0 aromatic heterocycles. The van der Waals surface area contributed by atoms with E-state index in [2.05, 4.69) is 20.8 Å². The molecule has 0 N–H and O–H groups in total. The van der Waals surface area contributed by atoms with Gasteiger partial charge in [0.25, 0.3) is 0 Å². The van der Waals surface area contributed by atoms with E-state index in [0.29, 0.717) is 5.41 Å². The summed E-state index contributed by atoms with van der Waals surface area (Å²) in [4.78, 5) is 14.0. The lowest BCUT2D eigenvalue weighted by Gasteiger charge is -2.30. The quantitative estimate of drug-likeness (QED) is 0.645. The van der Waals surface area contributed by atoms with Gasteiger partial charge in [-0.3, -0.25) is 0 Å². The van der Waals surface area contributed by atoms with Crippen LogP contribution in [0.5, 0.6) is 0 Å². The normalized spacial score (nSPS) is 25.3. The van der Waals surface area contributed by atoms with Crippen molar-refractivity contribution in [2.75, 3.05) is 6.54 Å². The first-order chi connectivity index (χ1) is 7.61. The molecule has 0 aliphatic carbocycles. The molecule has 3 nitrogen and oxygen atoms in total. The minimum Gasteiger partial charge on any atom is -0.444 e. The average molecular weight is 241 g/mol. The van der Waals surface area contributed by atoms with Gasteiger partial charge in [0.15, 0.2) is 0 Å². The second kappa shape index (κ2) is 4.87. The largest absolute Gasteiger partial charge is 0.444 e. The van der Waals surface area contributed by atoms with Gasteiger partial charge in [0.05, 0.1) is 0 Å². The van der Waals surface area contributed by atoms with Gasteiger partial charge in [-0.25, -0.2) is 4.79 Å². The number of ether oxygens (including phenoxy) is 1. The molecule has 1 atom stereocenters. The molecule has 0 bridgehead atoms. The molecule has 0 aromatic carbocycles. The zero-order chi connectivity index (χ0) is 13.3. The van der Waals surface area contributed by atoms with E-state index in [1.54, 1.807) is 0 Å². The summed E-state index contributed by atoms with van der Waals surface area (Å²) in [5, 5.41) is 0. The van der Waals surface area contributed by atoms with Crippen molar-refractivity contribution in [1.29, 1.82) is 0 Å². The highest BCUT2D eigenvalue weighted by Crippen LogP contribution is 2.32. The molecular formula is C14H27NO2. The van der Waals surface area contributed by atoms with Gasteiger partial charge in [0.1, 0.15) is 5.60 Å². The third kappa shape index (κ3) is 4.57. The Labute approximate surface area is 106 Å². The number of rotatable bonds is 0. The van der Waals surface area contributed by atoms with Crippen LogP contribution in [0.4, 0.5) is 4.79 Å². The maximum atomic E-state index is 12.1. The molecule has 1 rings (SSSR count). The Morgan fingerprint density at radius 2 is 1.88 bits per heavy atom. The van der Waals surface area contributed by atoms with Crippen LogP contribution in [0.1, 0.15) is 60.8 Å². The van der Waals surface area contributed by atoms with Crippen molar-refractivity contribution in [3.05, 3.63) is 0 Å². The summed E-state index contributed by atoms with van der Waals surface area (Å²) in [5.41, 5.74) is -0.0658. The molecule has 1 amide bonds. The van der Waals surface area contributed by atoms with Gasteiger partial charge in [0, 0.05) is 12.6 Å². The predicted octanol–water partition coefficient (Wildman–Crippen LogP) is 3.82. The fraction of sp³-hybridized carbons (Fsp3) is 0.929. The number of hydrogen-bond donors (Lipinski definition) is 0. The Kier molecular flexibility index (Phi) is 4.11. The summed E-state index contributed by atoms with van der Waals surface area (Å²) < 4.78 is 5.46. The van der Waals surface area contributed by atoms with Crippen LogP contribution in [0.2, 0.25) is 0 Å². The van der Waals surface area contributed by atoms with Crippen LogP contribution in [0.25, 0.3) is 0 Å². The van der Waals surface area contributed by atoms with Gasteiger partial charge < -0.3 is 9.64 Å². The minimum absolute atomic E-state index is 0.164. The van der Waals surface area contributed by atoms with E-state index in [1.807, 2.05) is 25.7 Å². The van der Waals surface area contributed by atoms with Crippen molar-refractivity contribution in [3.8, 4) is 0 Å². The van der Waals surface area contributed by atoms with E-state index in [0.717, 1.165) is 19.4 Å². The highest BCUT2D eigenvalue weighted by Gasteiger charge is 2.31. The number of hydrogen-bond acceptors (Lipinski definition) is 2. The third-order valence-corrected chi connectivity index (χ3v) is 3.43. The van der Waals surface area contributed by atoms with Crippen LogP contribution in [0.3, 0.4) is 0 Å². The molecule has 3 heteroatoms. The zero-order valence-corrected chi connectivity index (χ0v) is 12.2. The highest BCUT2D eigenvalue weighted by atomic mass is 16.6. The summed E-state index contributed by atoms with van der Waals surface area (Å²) in [6.07, 6.45) is 3.12. The van der Waals surface area contributed by atoms with Gasteiger partial charge in [0.2, 0.25) is 0 Å². The van der Waals surface area contributed by atoms with Crippen LogP contribution >= 0.6 is 0 Å². The van der Waals surface area contributed by atoms with Crippen LogP contribution in [-0.2, 0) is 4.74 Å². The van der Waals surface area contributed by atoms with Crippen molar-refractivity contribution in [2.24, 2.45) is 5.41 Å². The molecule has 0 aromatic rings. The summed E-state index contributed by atoms with van der Waals surface area (Å²) in [7, 11) is 0. The standard InChI is InChI=1S/C14H27NO2/c1-11-7-8-14(5,6)9-10-15(11)12(16)17-13(2,3)4/h11H,7-10H2,1-6H3. The van der Waals surface area contributed by atoms with Crippen molar-refractivity contribution < 1.29 is 9.53 Å². The van der Waals surface area contributed by atoms with E-state index < -0.39 is 5.60 Å². The van der Waals surface area contributed by atoms with Crippen LogP contribution in [-0.4, -0.2) is 29.2 Å². The van der Waals surface area contributed by atoms with Crippen LogP contribution in [0.15, 0.2) is 0 Å². The molecule has 0 spiro atoms. The summed E-state index contributed by atoms with van der Waals surface area (Å²) >= 11 is 0. The predicted molar refractivity (Wildman–Crippen MR) is 70.0 cm³/mol. The molecule has 1 aliphatic rings. The monoisotopic (exact) mass is 241 g/mol. The second-order valence-corrected chi connectivity index (χ2v) is 6.98. The fourth-order valence-electron chi connectivity index (χ4n) is 2.12. The maximum absolute atomic E-state index is 12.1. The van der Waals surface area contributed by atoms with E-state index in [9.17, 15) is 4.79 Å². The smallest absolute Gasteiger partial charge is 0.410 e. The summed E-state index contributed by atoms with van der Waals surface area (Å²) in [6.45, 7) is 13.2. The molecule has 1 saturated heterocycles. The number of carbonyl (C=O) groups excluding carboxylic acids is 1. The first-order valence-electron chi connectivity index (χ1n) is 6.60. The molecular weight excluding hydrogens is 214 g/mol. The zero-order valence-electron chi connectivity index (χ0n) is 12.2. The Bertz CT molecular complexity index is 278. The highest BCUT2D eigenvalue weighted by molar-refractivity contribution is 5.68. The number of nitrogens with zero attached hydrogens (tertiary/aromatic N) is 1. The van der Waals surface area contributed by atoms with Crippen LogP contribution < -0.4 is 0 Å². The van der Waals surface area contributed by atoms with Gasteiger partial charge >= 0.3 is 6.09 Å². The second-order valence-electron chi connectivity index (χ2n) is 6.98. The summed E-state index contributed by atoms with van der Waals surface area (Å²) in [6, 6.07) is 0.284. The van der Waals surface area contributed by atoms with Crippen molar-refractivity contribution >= 4 is 6.09 Å². The first-order valence-corrected chi connectivity index (χ1v) is 6.60.